The lowest BCUT2D eigenvalue weighted by Gasteiger charge is -2.08. The molecule has 0 aromatic heterocycles. The Morgan fingerprint density at radius 2 is 1.18 bits per heavy atom. The maximum atomic E-state index is 9.00. The van der Waals surface area contributed by atoms with Crippen molar-refractivity contribution in [3.63, 3.8) is 0 Å². The van der Waals surface area contributed by atoms with Crippen LogP contribution in [0.5, 0.6) is 5.75 Å². The molecule has 0 saturated carbocycles. The van der Waals surface area contributed by atoms with Crippen molar-refractivity contribution in [1.29, 1.82) is 0 Å². The summed E-state index contributed by atoms with van der Waals surface area (Å²) in [5.74, 6) is 0.937. The van der Waals surface area contributed by atoms with Gasteiger partial charge in [-0.1, -0.05) is 115 Å². The maximum Gasteiger partial charge on any atom is 0.119 e. The molecule has 0 radical (unpaired) electrons. The molecule has 0 saturated heterocycles. The number of hydrogen-bond acceptors (Lipinski definition) is 2. The molecule has 0 aliphatic rings. The third-order valence-corrected chi connectivity index (χ3v) is 5.57. The zero-order valence-electron chi connectivity index (χ0n) is 18.6. The van der Waals surface area contributed by atoms with Gasteiger partial charge in [-0.05, 0) is 30.5 Å². The quantitative estimate of drug-likeness (QED) is 0.230. The van der Waals surface area contributed by atoms with Crippen LogP contribution < -0.4 is 4.74 Å². The number of ether oxygens (including phenoxy) is 1. The standard InChI is InChI=1S/C26H46O2/c1-2-3-4-5-6-7-8-9-10-11-12-13-14-15-16-17-23-28-26-20-18-19-25(24-26)21-22-27/h18-20,24,27H,2-17,21-23H2,1H3. The van der Waals surface area contributed by atoms with Crippen LogP contribution in [0.25, 0.3) is 0 Å². The van der Waals surface area contributed by atoms with Gasteiger partial charge in [-0.2, -0.15) is 0 Å². The van der Waals surface area contributed by atoms with Gasteiger partial charge in [0, 0.05) is 6.61 Å². The number of hydrogen-bond donors (Lipinski definition) is 1. The Bertz CT molecular complexity index is 444. The van der Waals surface area contributed by atoms with E-state index in [1.165, 1.54) is 96.3 Å². The Labute approximate surface area is 175 Å². The lowest BCUT2D eigenvalue weighted by atomic mass is 10.0. The van der Waals surface area contributed by atoms with Crippen molar-refractivity contribution in [2.75, 3.05) is 13.2 Å². The second-order valence-electron chi connectivity index (χ2n) is 8.27. The summed E-state index contributed by atoms with van der Waals surface area (Å²) in [6.07, 6.45) is 23.0. The molecule has 2 nitrogen and oxygen atoms in total. The highest BCUT2D eigenvalue weighted by Crippen LogP contribution is 2.16. The fourth-order valence-corrected chi connectivity index (χ4v) is 3.76. The fourth-order valence-electron chi connectivity index (χ4n) is 3.76. The molecule has 0 unspecified atom stereocenters. The van der Waals surface area contributed by atoms with E-state index in [9.17, 15) is 0 Å². The minimum atomic E-state index is 0.197. The van der Waals surface area contributed by atoms with Crippen LogP contribution in [-0.4, -0.2) is 18.3 Å². The zero-order valence-corrected chi connectivity index (χ0v) is 18.6. The molecule has 0 atom stereocenters. The molecule has 2 heteroatoms. The van der Waals surface area contributed by atoms with E-state index in [1.54, 1.807) is 0 Å². The van der Waals surface area contributed by atoms with E-state index in [1.807, 2.05) is 24.3 Å². The van der Waals surface area contributed by atoms with Crippen molar-refractivity contribution in [3.05, 3.63) is 29.8 Å². The summed E-state index contributed by atoms with van der Waals surface area (Å²) in [6.45, 7) is 3.29. The van der Waals surface area contributed by atoms with Crippen LogP contribution in [0.2, 0.25) is 0 Å². The molecule has 0 amide bonds. The van der Waals surface area contributed by atoms with Crippen molar-refractivity contribution in [2.45, 2.75) is 116 Å². The lowest BCUT2D eigenvalue weighted by molar-refractivity contribution is 0.296. The Balaban J connectivity index is 1.79. The van der Waals surface area contributed by atoms with Crippen molar-refractivity contribution >= 4 is 0 Å². The van der Waals surface area contributed by atoms with Crippen molar-refractivity contribution in [1.82, 2.24) is 0 Å². The van der Waals surface area contributed by atoms with E-state index in [0.717, 1.165) is 24.3 Å². The van der Waals surface area contributed by atoms with Crippen LogP contribution in [0.3, 0.4) is 0 Å². The Kier molecular flexibility index (Phi) is 17.2. The predicted molar refractivity (Wildman–Crippen MR) is 122 cm³/mol. The minimum absolute atomic E-state index is 0.197. The largest absolute Gasteiger partial charge is 0.494 e. The summed E-state index contributed by atoms with van der Waals surface area (Å²) in [7, 11) is 0. The van der Waals surface area contributed by atoms with Crippen LogP contribution in [0.1, 0.15) is 115 Å². The number of benzene rings is 1. The first kappa shape index (κ1) is 25.0. The van der Waals surface area contributed by atoms with E-state index >= 15 is 0 Å². The van der Waals surface area contributed by atoms with Crippen LogP contribution in [0, 0.1) is 0 Å². The van der Waals surface area contributed by atoms with Gasteiger partial charge in [-0.25, -0.2) is 0 Å². The highest BCUT2D eigenvalue weighted by Gasteiger charge is 1.98. The molecule has 28 heavy (non-hydrogen) atoms. The van der Waals surface area contributed by atoms with Crippen molar-refractivity contribution < 1.29 is 9.84 Å². The molecule has 1 N–H and O–H groups in total. The second-order valence-corrected chi connectivity index (χ2v) is 8.27. The van der Waals surface area contributed by atoms with Gasteiger partial charge < -0.3 is 9.84 Å². The van der Waals surface area contributed by atoms with Crippen molar-refractivity contribution in [2.24, 2.45) is 0 Å². The number of rotatable bonds is 20. The predicted octanol–water partition coefficient (Wildman–Crippen LogP) is 7.86. The molecule has 162 valence electrons. The number of aliphatic hydroxyl groups is 1. The summed E-state index contributed by atoms with van der Waals surface area (Å²) in [4.78, 5) is 0. The molecule has 0 spiro atoms. The highest BCUT2D eigenvalue weighted by atomic mass is 16.5. The molecule has 0 aliphatic heterocycles. The fraction of sp³-hybridized carbons (Fsp3) is 0.769. The smallest absolute Gasteiger partial charge is 0.119 e. The Hall–Kier alpha value is -1.02. The third kappa shape index (κ3) is 15.0. The summed E-state index contributed by atoms with van der Waals surface area (Å²) in [5.41, 5.74) is 1.15. The topological polar surface area (TPSA) is 29.5 Å². The summed E-state index contributed by atoms with van der Waals surface area (Å²) >= 11 is 0. The van der Waals surface area contributed by atoms with E-state index in [-0.39, 0.29) is 6.61 Å². The van der Waals surface area contributed by atoms with Gasteiger partial charge in [-0.3, -0.25) is 0 Å². The van der Waals surface area contributed by atoms with Crippen molar-refractivity contribution in [3.8, 4) is 5.75 Å². The molecule has 1 aromatic carbocycles. The average Bonchev–Trinajstić information content (AvgIpc) is 2.71. The molecular weight excluding hydrogens is 344 g/mol. The SMILES string of the molecule is CCCCCCCCCCCCCCCCCCOc1cccc(CCO)c1. The summed E-state index contributed by atoms with van der Waals surface area (Å²) in [6, 6.07) is 8.10. The Morgan fingerprint density at radius 1 is 0.679 bits per heavy atom. The Morgan fingerprint density at radius 3 is 1.68 bits per heavy atom. The molecule has 1 aromatic rings. The molecule has 0 bridgehead atoms. The molecule has 0 fully saturated rings. The van der Waals surface area contributed by atoms with Gasteiger partial charge in [0.25, 0.3) is 0 Å². The first-order chi connectivity index (χ1) is 13.9. The van der Waals surface area contributed by atoms with Gasteiger partial charge in [0.15, 0.2) is 0 Å². The van der Waals surface area contributed by atoms with E-state index in [2.05, 4.69) is 6.92 Å². The van der Waals surface area contributed by atoms with E-state index < -0.39 is 0 Å². The zero-order chi connectivity index (χ0) is 20.1. The first-order valence-electron chi connectivity index (χ1n) is 12.2. The summed E-state index contributed by atoms with van der Waals surface area (Å²) < 4.78 is 5.83. The number of aliphatic hydroxyl groups excluding tert-OH is 1. The maximum absolute atomic E-state index is 9.00. The van der Waals surface area contributed by atoms with Gasteiger partial charge in [0.05, 0.1) is 6.61 Å². The van der Waals surface area contributed by atoms with E-state index in [4.69, 9.17) is 9.84 Å². The lowest BCUT2D eigenvalue weighted by Crippen LogP contribution is -1.98. The third-order valence-electron chi connectivity index (χ3n) is 5.57. The minimum Gasteiger partial charge on any atom is -0.494 e. The van der Waals surface area contributed by atoms with E-state index in [0.29, 0.717) is 6.42 Å². The highest BCUT2D eigenvalue weighted by molar-refractivity contribution is 5.28. The van der Waals surface area contributed by atoms with Crippen LogP contribution in [-0.2, 0) is 6.42 Å². The normalized spacial score (nSPS) is 11.1. The molecule has 0 aliphatic carbocycles. The number of unbranched alkanes of at least 4 members (excludes halogenated alkanes) is 15. The van der Waals surface area contributed by atoms with Crippen LogP contribution >= 0.6 is 0 Å². The van der Waals surface area contributed by atoms with Gasteiger partial charge >= 0.3 is 0 Å². The van der Waals surface area contributed by atoms with Crippen LogP contribution in [0.15, 0.2) is 24.3 Å². The van der Waals surface area contributed by atoms with Crippen LogP contribution in [0.4, 0.5) is 0 Å². The molecule has 0 heterocycles. The first-order valence-corrected chi connectivity index (χ1v) is 12.2. The van der Waals surface area contributed by atoms with Gasteiger partial charge in [0.2, 0.25) is 0 Å². The summed E-state index contributed by atoms with van der Waals surface area (Å²) in [5, 5.41) is 9.00. The monoisotopic (exact) mass is 390 g/mol. The average molecular weight is 391 g/mol. The van der Waals surface area contributed by atoms with Gasteiger partial charge in [0.1, 0.15) is 5.75 Å². The molecule has 1 rings (SSSR count). The second kappa shape index (κ2) is 19.3. The van der Waals surface area contributed by atoms with Gasteiger partial charge in [-0.15, -0.1) is 0 Å². The molecular formula is C26H46O2.